The number of halogens is 2. The summed E-state index contributed by atoms with van der Waals surface area (Å²) in [6.07, 6.45) is 3.54. The van der Waals surface area contributed by atoms with E-state index in [9.17, 15) is 13.6 Å². The molecular formula is C16H22F2N2O. The van der Waals surface area contributed by atoms with Crippen LogP contribution in [0.1, 0.15) is 44.1 Å². The smallest absolute Gasteiger partial charge is 0.224 e. The van der Waals surface area contributed by atoms with Crippen LogP contribution in [0.3, 0.4) is 0 Å². The SMILES string of the molecule is CCCCC(CN)NC(=O)C1CC1c1ccc(F)cc1F. The summed E-state index contributed by atoms with van der Waals surface area (Å²) in [5, 5.41) is 2.93. The molecule has 1 saturated carbocycles. The molecule has 116 valence electrons. The van der Waals surface area contributed by atoms with Gasteiger partial charge in [0.05, 0.1) is 0 Å². The molecule has 0 aromatic heterocycles. The Hall–Kier alpha value is -1.49. The van der Waals surface area contributed by atoms with Crippen molar-refractivity contribution in [3.63, 3.8) is 0 Å². The maximum absolute atomic E-state index is 13.7. The van der Waals surface area contributed by atoms with Crippen LogP contribution in [0.25, 0.3) is 0 Å². The molecule has 3 atom stereocenters. The molecular weight excluding hydrogens is 274 g/mol. The fourth-order valence-corrected chi connectivity index (χ4v) is 2.64. The van der Waals surface area contributed by atoms with Crippen molar-refractivity contribution in [2.45, 2.75) is 44.6 Å². The standard InChI is InChI=1S/C16H22F2N2O/c1-2-3-4-11(9-19)20-16(21)14-8-13(14)12-6-5-10(17)7-15(12)18/h5-7,11,13-14H,2-4,8-9,19H2,1H3,(H,20,21). The summed E-state index contributed by atoms with van der Waals surface area (Å²) >= 11 is 0. The van der Waals surface area contributed by atoms with Crippen molar-refractivity contribution in [2.75, 3.05) is 6.54 Å². The first-order valence-electron chi connectivity index (χ1n) is 7.52. The van der Waals surface area contributed by atoms with Gasteiger partial charge in [-0.3, -0.25) is 4.79 Å². The third kappa shape index (κ3) is 4.00. The summed E-state index contributed by atoms with van der Waals surface area (Å²) in [6, 6.07) is 3.51. The fourth-order valence-electron chi connectivity index (χ4n) is 2.64. The van der Waals surface area contributed by atoms with Gasteiger partial charge in [0.25, 0.3) is 0 Å². The molecule has 3 N–H and O–H groups in total. The van der Waals surface area contributed by atoms with Crippen LogP contribution >= 0.6 is 0 Å². The van der Waals surface area contributed by atoms with Crippen molar-refractivity contribution in [3.8, 4) is 0 Å². The second kappa shape index (κ2) is 6.98. The van der Waals surface area contributed by atoms with Gasteiger partial charge in [-0.05, 0) is 30.4 Å². The van der Waals surface area contributed by atoms with Crippen molar-refractivity contribution >= 4 is 5.91 Å². The van der Waals surface area contributed by atoms with Gasteiger partial charge in [0, 0.05) is 24.6 Å². The Morgan fingerprint density at radius 2 is 2.24 bits per heavy atom. The van der Waals surface area contributed by atoms with Crippen molar-refractivity contribution in [2.24, 2.45) is 11.7 Å². The first-order valence-corrected chi connectivity index (χ1v) is 7.52. The number of carbonyl (C=O) groups excluding carboxylic acids is 1. The summed E-state index contributed by atoms with van der Waals surface area (Å²) < 4.78 is 26.6. The predicted octanol–water partition coefficient (Wildman–Crippen LogP) is 2.70. The highest BCUT2D eigenvalue weighted by atomic mass is 19.1. The van der Waals surface area contributed by atoms with E-state index in [4.69, 9.17) is 5.73 Å². The summed E-state index contributed by atoms with van der Waals surface area (Å²) in [4.78, 5) is 12.1. The van der Waals surface area contributed by atoms with Crippen LogP contribution in [0.5, 0.6) is 0 Å². The zero-order chi connectivity index (χ0) is 15.4. The average Bonchev–Trinajstić information content (AvgIpc) is 3.23. The van der Waals surface area contributed by atoms with Crippen molar-refractivity contribution < 1.29 is 13.6 Å². The highest BCUT2D eigenvalue weighted by Crippen LogP contribution is 2.48. The first-order chi connectivity index (χ1) is 10.1. The maximum Gasteiger partial charge on any atom is 0.224 e. The summed E-state index contributed by atoms with van der Waals surface area (Å²) in [6.45, 7) is 2.50. The van der Waals surface area contributed by atoms with E-state index < -0.39 is 11.6 Å². The van der Waals surface area contributed by atoms with E-state index in [0.29, 0.717) is 18.5 Å². The van der Waals surface area contributed by atoms with Crippen LogP contribution in [0.2, 0.25) is 0 Å². The van der Waals surface area contributed by atoms with Gasteiger partial charge in [-0.15, -0.1) is 0 Å². The van der Waals surface area contributed by atoms with Crippen molar-refractivity contribution in [1.82, 2.24) is 5.32 Å². The van der Waals surface area contributed by atoms with Gasteiger partial charge in [0.2, 0.25) is 5.91 Å². The molecule has 1 aliphatic rings. The minimum Gasteiger partial charge on any atom is -0.352 e. The molecule has 1 fully saturated rings. The zero-order valence-electron chi connectivity index (χ0n) is 12.2. The summed E-state index contributed by atoms with van der Waals surface area (Å²) in [5.74, 6) is -1.61. The Morgan fingerprint density at radius 3 is 2.86 bits per heavy atom. The van der Waals surface area contributed by atoms with Crippen LogP contribution < -0.4 is 11.1 Å². The van der Waals surface area contributed by atoms with Crippen LogP contribution in [0, 0.1) is 17.6 Å². The van der Waals surface area contributed by atoms with Crippen molar-refractivity contribution in [3.05, 3.63) is 35.4 Å². The fraction of sp³-hybridized carbons (Fsp3) is 0.562. The van der Waals surface area contributed by atoms with Gasteiger partial charge in [-0.1, -0.05) is 25.8 Å². The molecule has 1 amide bonds. The minimum absolute atomic E-state index is 0.0169. The number of carbonyl (C=O) groups is 1. The van der Waals surface area contributed by atoms with E-state index in [1.54, 1.807) is 0 Å². The topological polar surface area (TPSA) is 55.1 Å². The van der Waals surface area contributed by atoms with Crippen LogP contribution in [0.4, 0.5) is 8.78 Å². The molecule has 1 aromatic carbocycles. The Balaban J connectivity index is 1.91. The molecule has 3 unspecified atom stereocenters. The third-order valence-electron chi connectivity index (χ3n) is 4.03. The lowest BCUT2D eigenvalue weighted by atomic mass is 10.1. The van der Waals surface area contributed by atoms with E-state index in [-0.39, 0.29) is 23.8 Å². The summed E-state index contributed by atoms with van der Waals surface area (Å²) in [5.41, 5.74) is 6.08. The zero-order valence-corrected chi connectivity index (χ0v) is 12.2. The quantitative estimate of drug-likeness (QED) is 0.813. The number of nitrogens with one attached hydrogen (secondary N) is 1. The molecule has 3 nitrogen and oxygen atoms in total. The maximum atomic E-state index is 13.7. The number of nitrogens with two attached hydrogens (primary N) is 1. The van der Waals surface area contributed by atoms with Gasteiger partial charge in [-0.2, -0.15) is 0 Å². The van der Waals surface area contributed by atoms with E-state index in [1.165, 1.54) is 12.1 Å². The molecule has 2 rings (SSSR count). The average molecular weight is 296 g/mol. The first kappa shape index (κ1) is 15.9. The third-order valence-corrected chi connectivity index (χ3v) is 4.03. The Morgan fingerprint density at radius 1 is 1.48 bits per heavy atom. The van der Waals surface area contributed by atoms with Gasteiger partial charge in [-0.25, -0.2) is 8.78 Å². The molecule has 1 aliphatic carbocycles. The highest BCUT2D eigenvalue weighted by Gasteiger charge is 2.45. The highest BCUT2D eigenvalue weighted by molar-refractivity contribution is 5.83. The van der Waals surface area contributed by atoms with Crippen LogP contribution in [0.15, 0.2) is 18.2 Å². The molecule has 0 radical (unpaired) electrons. The number of benzene rings is 1. The second-order valence-electron chi connectivity index (χ2n) is 5.70. The number of hydrogen-bond acceptors (Lipinski definition) is 2. The van der Waals surface area contributed by atoms with E-state index in [2.05, 4.69) is 12.2 Å². The molecule has 1 aromatic rings. The monoisotopic (exact) mass is 296 g/mol. The number of hydrogen-bond donors (Lipinski definition) is 2. The molecule has 21 heavy (non-hydrogen) atoms. The summed E-state index contributed by atoms with van der Waals surface area (Å²) in [7, 11) is 0. The minimum atomic E-state index is -0.597. The van der Waals surface area contributed by atoms with E-state index in [0.717, 1.165) is 25.3 Å². The second-order valence-corrected chi connectivity index (χ2v) is 5.70. The van der Waals surface area contributed by atoms with Gasteiger partial charge in [0.1, 0.15) is 11.6 Å². The predicted molar refractivity (Wildman–Crippen MR) is 77.7 cm³/mol. The molecule has 0 bridgehead atoms. The lowest BCUT2D eigenvalue weighted by molar-refractivity contribution is -0.123. The molecule has 0 aliphatic heterocycles. The molecule has 0 spiro atoms. The number of amides is 1. The Kier molecular flexibility index (Phi) is 5.28. The molecule has 0 saturated heterocycles. The lowest BCUT2D eigenvalue weighted by Crippen LogP contribution is -2.41. The number of rotatable bonds is 7. The van der Waals surface area contributed by atoms with Gasteiger partial charge in [0.15, 0.2) is 0 Å². The van der Waals surface area contributed by atoms with E-state index in [1.807, 2.05) is 0 Å². The van der Waals surface area contributed by atoms with Crippen LogP contribution in [-0.2, 0) is 4.79 Å². The van der Waals surface area contributed by atoms with Crippen LogP contribution in [-0.4, -0.2) is 18.5 Å². The normalized spacial score (nSPS) is 21.9. The molecule has 5 heteroatoms. The molecule has 0 heterocycles. The van der Waals surface area contributed by atoms with Gasteiger partial charge >= 0.3 is 0 Å². The van der Waals surface area contributed by atoms with E-state index >= 15 is 0 Å². The van der Waals surface area contributed by atoms with Gasteiger partial charge < -0.3 is 11.1 Å². The Bertz CT molecular complexity index is 507. The van der Waals surface area contributed by atoms with Crippen molar-refractivity contribution in [1.29, 1.82) is 0 Å². The number of unbranched alkanes of at least 4 members (excludes halogenated alkanes) is 1. The lowest BCUT2D eigenvalue weighted by Gasteiger charge is -2.16. The Labute approximate surface area is 123 Å². The largest absolute Gasteiger partial charge is 0.352 e.